The van der Waals surface area contributed by atoms with E-state index in [2.05, 4.69) is 17.1 Å². The molecule has 1 atom stereocenters. The standard InChI is InChI=1S/C20H31N3O3/c1-3-10-22-11-5-8-17(15-22)21-20(24)23-12-6-13-26-19-16(14-23)7-4-9-18(19)25-2/h4,7,9,17H,3,5-6,8,10-15H2,1-2H3,(H,21,24). The summed E-state index contributed by atoms with van der Waals surface area (Å²) in [6.45, 7) is 7.26. The minimum atomic E-state index is 0.0315. The summed E-state index contributed by atoms with van der Waals surface area (Å²) in [5.41, 5.74) is 0.996. The highest BCUT2D eigenvalue weighted by Crippen LogP contribution is 2.33. The van der Waals surface area contributed by atoms with E-state index in [9.17, 15) is 4.79 Å². The van der Waals surface area contributed by atoms with Gasteiger partial charge < -0.3 is 24.6 Å². The van der Waals surface area contributed by atoms with Crippen molar-refractivity contribution < 1.29 is 14.3 Å². The van der Waals surface area contributed by atoms with Gasteiger partial charge in [0.1, 0.15) is 0 Å². The highest BCUT2D eigenvalue weighted by molar-refractivity contribution is 5.74. The summed E-state index contributed by atoms with van der Waals surface area (Å²) in [6, 6.07) is 6.13. The third kappa shape index (κ3) is 4.61. The van der Waals surface area contributed by atoms with Crippen LogP contribution in [0.1, 0.15) is 38.2 Å². The minimum absolute atomic E-state index is 0.0315. The molecule has 1 unspecified atom stereocenters. The highest BCUT2D eigenvalue weighted by atomic mass is 16.5. The van der Waals surface area contributed by atoms with Crippen LogP contribution in [0.3, 0.4) is 0 Å². The Balaban J connectivity index is 1.65. The van der Waals surface area contributed by atoms with Crippen LogP contribution in [0.5, 0.6) is 11.5 Å². The lowest BCUT2D eigenvalue weighted by molar-refractivity contribution is 0.158. The van der Waals surface area contributed by atoms with Crippen molar-refractivity contribution in [2.45, 2.75) is 45.2 Å². The molecule has 0 aliphatic carbocycles. The number of carbonyl (C=O) groups is 1. The van der Waals surface area contributed by atoms with Gasteiger partial charge in [-0.05, 0) is 44.8 Å². The number of benzene rings is 1. The van der Waals surface area contributed by atoms with Crippen molar-refractivity contribution in [1.29, 1.82) is 0 Å². The largest absolute Gasteiger partial charge is 0.493 e. The summed E-state index contributed by atoms with van der Waals surface area (Å²) < 4.78 is 11.3. The number of para-hydroxylation sites is 1. The number of fused-ring (bicyclic) bond motifs is 1. The molecule has 0 saturated carbocycles. The van der Waals surface area contributed by atoms with Crippen molar-refractivity contribution in [1.82, 2.24) is 15.1 Å². The Hall–Kier alpha value is -1.95. The number of rotatable bonds is 4. The lowest BCUT2D eigenvalue weighted by Crippen LogP contribution is -2.51. The van der Waals surface area contributed by atoms with Gasteiger partial charge in [-0.15, -0.1) is 0 Å². The molecule has 0 radical (unpaired) electrons. The predicted octanol–water partition coefficient (Wildman–Crippen LogP) is 2.86. The van der Waals surface area contributed by atoms with Crippen LogP contribution in [0.15, 0.2) is 18.2 Å². The third-order valence-electron chi connectivity index (χ3n) is 5.12. The molecule has 2 amide bonds. The number of piperidine rings is 1. The van der Waals surface area contributed by atoms with Crippen molar-refractivity contribution in [2.24, 2.45) is 0 Å². The molecule has 1 saturated heterocycles. The first-order valence-corrected chi connectivity index (χ1v) is 9.77. The second-order valence-corrected chi connectivity index (χ2v) is 7.16. The van der Waals surface area contributed by atoms with Crippen LogP contribution in [-0.4, -0.2) is 61.8 Å². The summed E-state index contributed by atoms with van der Waals surface area (Å²) in [7, 11) is 1.65. The summed E-state index contributed by atoms with van der Waals surface area (Å²) in [6.07, 6.45) is 4.19. The molecule has 1 N–H and O–H groups in total. The number of nitrogens with one attached hydrogen (secondary N) is 1. The average Bonchev–Trinajstić information content (AvgIpc) is 2.62. The van der Waals surface area contributed by atoms with Crippen LogP contribution in [0.2, 0.25) is 0 Å². The second-order valence-electron chi connectivity index (χ2n) is 7.16. The molecule has 144 valence electrons. The van der Waals surface area contributed by atoms with Gasteiger partial charge in [0.25, 0.3) is 0 Å². The van der Waals surface area contributed by atoms with Crippen LogP contribution < -0.4 is 14.8 Å². The lowest BCUT2D eigenvalue weighted by Gasteiger charge is -2.35. The fraction of sp³-hybridized carbons (Fsp3) is 0.650. The molecular formula is C20H31N3O3. The Morgan fingerprint density at radius 2 is 2.23 bits per heavy atom. The zero-order chi connectivity index (χ0) is 18.4. The summed E-state index contributed by atoms with van der Waals surface area (Å²) in [5, 5.41) is 3.26. The van der Waals surface area contributed by atoms with Crippen molar-refractivity contribution in [3.8, 4) is 11.5 Å². The Bertz CT molecular complexity index is 606. The first-order chi connectivity index (χ1) is 12.7. The molecule has 26 heavy (non-hydrogen) atoms. The number of nitrogens with zero attached hydrogens (tertiary/aromatic N) is 2. The molecule has 3 rings (SSSR count). The van der Waals surface area contributed by atoms with Gasteiger partial charge in [-0.1, -0.05) is 19.1 Å². The molecule has 0 aromatic heterocycles. The fourth-order valence-electron chi connectivity index (χ4n) is 3.86. The fourth-order valence-corrected chi connectivity index (χ4v) is 3.86. The van der Waals surface area contributed by atoms with Crippen molar-refractivity contribution >= 4 is 6.03 Å². The van der Waals surface area contributed by atoms with E-state index in [1.807, 2.05) is 23.1 Å². The molecule has 1 fully saturated rings. The van der Waals surface area contributed by atoms with Crippen molar-refractivity contribution in [3.63, 3.8) is 0 Å². The van der Waals surface area contributed by atoms with Gasteiger partial charge in [-0.25, -0.2) is 4.79 Å². The predicted molar refractivity (Wildman–Crippen MR) is 102 cm³/mol. The molecule has 0 bridgehead atoms. The third-order valence-corrected chi connectivity index (χ3v) is 5.12. The van der Waals surface area contributed by atoms with E-state index < -0.39 is 0 Å². The summed E-state index contributed by atoms with van der Waals surface area (Å²) in [5.74, 6) is 1.49. The molecule has 1 aromatic rings. The van der Waals surface area contributed by atoms with E-state index >= 15 is 0 Å². The Kier molecular flexibility index (Phi) is 6.61. The number of ether oxygens (including phenoxy) is 2. The molecule has 6 nitrogen and oxygen atoms in total. The number of urea groups is 1. The maximum atomic E-state index is 12.9. The van der Waals surface area contributed by atoms with E-state index in [0.29, 0.717) is 19.7 Å². The van der Waals surface area contributed by atoms with Gasteiger partial charge in [-0.3, -0.25) is 0 Å². The summed E-state index contributed by atoms with van der Waals surface area (Å²) >= 11 is 0. The normalized spacial score (nSPS) is 21.2. The highest BCUT2D eigenvalue weighted by Gasteiger charge is 2.25. The average molecular weight is 361 g/mol. The van der Waals surface area contributed by atoms with E-state index in [1.165, 1.54) is 0 Å². The molecule has 2 aliphatic rings. The molecule has 2 aliphatic heterocycles. The zero-order valence-corrected chi connectivity index (χ0v) is 16.0. The van der Waals surface area contributed by atoms with Gasteiger partial charge >= 0.3 is 6.03 Å². The molecule has 1 aromatic carbocycles. The van der Waals surface area contributed by atoms with Gasteiger partial charge in [-0.2, -0.15) is 0 Å². The zero-order valence-electron chi connectivity index (χ0n) is 16.0. The van der Waals surface area contributed by atoms with Crippen molar-refractivity contribution in [3.05, 3.63) is 23.8 Å². The number of hydrogen-bond donors (Lipinski definition) is 1. The quantitative estimate of drug-likeness (QED) is 0.896. The summed E-state index contributed by atoms with van der Waals surface area (Å²) in [4.78, 5) is 17.2. The van der Waals surface area contributed by atoms with Gasteiger partial charge in [0, 0.05) is 24.7 Å². The molecule has 2 heterocycles. The monoisotopic (exact) mass is 361 g/mol. The van der Waals surface area contributed by atoms with E-state index in [4.69, 9.17) is 9.47 Å². The Morgan fingerprint density at radius 1 is 1.35 bits per heavy atom. The second kappa shape index (κ2) is 9.12. The Labute approximate surface area is 156 Å². The first kappa shape index (κ1) is 18.8. The topological polar surface area (TPSA) is 54.0 Å². The minimum Gasteiger partial charge on any atom is -0.493 e. The molecule has 6 heteroatoms. The van der Waals surface area contributed by atoms with Crippen molar-refractivity contribution in [2.75, 3.05) is 39.9 Å². The SMILES string of the molecule is CCCN1CCCC(NC(=O)N2CCCOc3c(cccc3OC)C2)C1. The maximum absolute atomic E-state index is 12.9. The molecular weight excluding hydrogens is 330 g/mol. The van der Waals surface area contributed by atoms with E-state index in [-0.39, 0.29) is 12.1 Å². The van der Waals surface area contributed by atoms with Crippen LogP contribution in [0.25, 0.3) is 0 Å². The number of likely N-dealkylation sites (tertiary alicyclic amines) is 1. The van der Waals surface area contributed by atoms with Crippen LogP contribution >= 0.6 is 0 Å². The smallest absolute Gasteiger partial charge is 0.317 e. The van der Waals surface area contributed by atoms with Crippen LogP contribution in [-0.2, 0) is 6.54 Å². The van der Waals surface area contributed by atoms with Gasteiger partial charge in [0.2, 0.25) is 0 Å². The van der Waals surface area contributed by atoms with E-state index in [0.717, 1.165) is 62.4 Å². The van der Waals surface area contributed by atoms with Gasteiger partial charge in [0.15, 0.2) is 11.5 Å². The number of methoxy groups -OCH3 is 1. The number of hydrogen-bond acceptors (Lipinski definition) is 4. The maximum Gasteiger partial charge on any atom is 0.317 e. The Morgan fingerprint density at radius 3 is 3.04 bits per heavy atom. The number of amides is 2. The van der Waals surface area contributed by atoms with Crippen LogP contribution in [0.4, 0.5) is 4.79 Å². The van der Waals surface area contributed by atoms with E-state index in [1.54, 1.807) is 7.11 Å². The molecule has 0 spiro atoms. The van der Waals surface area contributed by atoms with Gasteiger partial charge in [0.05, 0.1) is 20.3 Å². The lowest BCUT2D eigenvalue weighted by atomic mass is 10.1. The first-order valence-electron chi connectivity index (χ1n) is 9.77. The number of carbonyl (C=O) groups excluding carboxylic acids is 1. The van der Waals surface area contributed by atoms with Crippen LogP contribution in [0, 0.1) is 0 Å².